The van der Waals surface area contributed by atoms with Gasteiger partial charge in [-0.15, -0.1) is 11.3 Å². The molecule has 0 saturated heterocycles. The van der Waals surface area contributed by atoms with Gasteiger partial charge in [-0.1, -0.05) is 38.2 Å². The standard InChI is InChI=1S/C27H33N3O2S/c1-18-13-19(2)15-21(14-18)30-25(31)23-16-24-22(11-12-33-24)29(23)17-27(30,3)26(32)28-20-9-7-5-4-6-8-10-20/h11-16,20H,4-10,17H2,1-3H3,(H,28,32). The number of aromatic nitrogens is 1. The topological polar surface area (TPSA) is 54.3 Å². The molecule has 5 rings (SSSR count). The van der Waals surface area contributed by atoms with Crippen molar-refractivity contribution in [1.82, 2.24) is 9.88 Å². The molecule has 2 amide bonds. The van der Waals surface area contributed by atoms with E-state index in [2.05, 4.69) is 17.4 Å². The molecule has 3 aromatic rings. The van der Waals surface area contributed by atoms with Gasteiger partial charge in [-0.2, -0.15) is 0 Å². The number of nitrogens with zero attached hydrogens (tertiary/aromatic N) is 2. The Bertz CT molecular complexity index is 1180. The lowest BCUT2D eigenvalue weighted by molar-refractivity contribution is -0.127. The van der Waals surface area contributed by atoms with Crippen molar-refractivity contribution in [2.75, 3.05) is 4.90 Å². The van der Waals surface area contributed by atoms with E-state index in [4.69, 9.17) is 0 Å². The summed E-state index contributed by atoms with van der Waals surface area (Å²) in [6, 6.07) is 10.3. The third kappa shape index (κ3) is 3.99. The second-order valence-corrected chi connectivity index (χ2v) is 11.0. The lowest BCUT2D eigenvalue weighted by Gasteiger charge is -2.44. The van der Waals surface area contributed by atoms with Crippen molar-refractivity contribution >= 4 is 39.1 Å². The number of hydrogen-bond donors (Lipinski definition) is 1. The van der Waals surface area contributed by atoms with Crippen LogP contribution in [0.25, 0.3) is 10.2 Å². The van der Waals surface area contributed by atoms with Crippen LogP contribution in [0, 0.1) is 13.8 Å². The fourth-order valence-corrected chi connectivity index (χ4v) is 6.46. The molecule has 0 spiro atoms. The Morgan fingerprint density at radius 2 is 1.70 bits per heavy atom. The van der Waals surface area contributed by atoms with Crippen LogP contribution in [0.1, 0.15) is 73.5 Å². The average molecular weight is 464 g/mol. The zero-order chi connectivity index (χ0) is 23.2. The highest BCUT2D eigenvalue weighted by molar-refractivity contribution is 7.17. The summed E-state index contributed by atoms with van der Waals surface area (Å²) in [5.74, 6) is -0.159. The zero-order valence-electron chi connectivity index (χ0n) is 19.8. The molecule has 1 N–H and O–H groups in total. The van der Waals surface area contributed by atoms with Gasteiger partial charge in [-0.25, -0.2) is 0 Å². The van der Waals surface area contributed by atoms with E-state index >= 15 is 0 Å². The third-order valence-corrected chi connectivity index (χ3v) is 8.15. The average Bonchev–Trinajstić information content (AvgIpc) is 3.31. The molecule has 2 aromatic heterocycles. The molecule has 174 valence electrons. The number of aryl methyl sites for hydroxylation is 2. The molecule has 0 bridgehead atoms. The quantitative estimate of drug-likeness (QED) is 0.520. The number of thiophene rings is 1. The van der Waals surface area contributed by atoms with E-state index in [0.29, 0.717) is 12.2 Å². The monoisotopic (exact) mass is 463 g/mol. The molecule has 1 unspecified atom stereocenters. The Morgan fingerprint density at radius 1 is 1.03 bits per heavy atom. The molecule has 3 heterocycles. The molecule has 1 aliphatic carbocycles. The van der Waals surface area contributed by atoms with E-state index < -0.39 is 5.54 Å². The number of amides is 2. The number of carbonyl (C=O) groups is 2. The van der Waals surface area contributed by atoms with Crippen molar-refractivity contribution in [3.8, 4) is 0 Å². The fraction of sp³-hybridized carbons (Fsp3) is 0.481. The first-order valence-corrected chi connectivity index (χ1v) is 13.1. The number of nitrogens with one attached hydrogen (secondary N) is 1. The highest BCUT2D eigenvalue weighted by Gasteiger charge is 2.49. The predicted octanol–water partition coefficient (Wildman–Crippen LogP) is 5.97. The highest BCUT2D eigenvalue weighted by atomic mass is 32.1. The van der Waals surface area contributed by atoms with E-state index in [1.807, 2.05) is 48.9 Å². The van der Waals surface area contributed by atoms with Crippen LogP contribution in [0.4, 0.5) is 5.69 Å². The first-order valence-electron chi connectivity index (χ1n) is 12.2. The van der Waals surface area contributed by atoms with Crippen molar-refractivity contribution < 1.29 is 9.59 Å². The normalized spacial score (nSPS) is 22.2. The first kappa shape index (κ1) is 22.2. The molecular weight excluding hydrogens is 430 g/mol. The summed E-state index contributed by atoms with van der Waals surface area (Å²) in [6.45, 7) is 6.45. The third-order valence-electron chi connectivity index (χ3n) is 7.30. The van der Waals surface area contributed by atoms with Crippen LogP contribution in [0.3, 0.4) is 0 Å². The smallest absolute Gasteiger partial charge is 0.275 e. The van der Waals surface area contributed by atoms with Gasteiger partial charge in [0.2, 0.25) is 5.91 Å². The molecule has 1 aliphatic heterocycles. The maximum atomic E-state index is 14.0. The maximum Gasteiger partial charge on any atom is 0.275 e. The van der Waals surface area contributed by atoms with Crippen LogP contribution in [-0.4, -0.2) is 28.0 Å². The van der Waals surface area contributed by atoms with Gasteiger partial charge in [0, 0.05) is 11.7 Å². The molecule has 1 saturated carbocycles. The van der Waals surface area contributed by atoms with E-state index in [1.165, 1.54) is 19.3 Å². The molecular formula is C27H33N3O2S. The Morgan fingerprint density at radius 3 is 2.39 bits per heavy atom. The molecule has 2 aliphatic rings. The van der Waals surface area contributed by atoms with Crippen molar-refractivity contribution in [2.24, 2.45) is 0 Å². The second kappa shape index (κ2) is 8.64. The van der Waals surface area contributed by atoms with E-state index in [-0.39, 0.29) is 17.9 Å². The molecule has 1 aromatic carbocycles. The Kier molecular flexibility index (Phi) is 5.81. The summed E-state index contributed by atoms with van der Waals surface area (Å²) >= 11 is 1.63. The molecule has 33 heavy (non-hydrogen) atoms. The van der Waals surface area contributed by atoms with Crippen LogP contribution >= 0.6 is 11.3 Å². The van der Waals surface area contributed by atoms with Crippen LogP contribution in [-0.2, 0) is 11.3 Å². The van der Waals surface area contributed by atoms with Gasteiger partial charge in [-0.05, 0) is 74.4 Å². The number of fused-ring (bicyclic) bond motifs is 3. The minimum absolute atomic E-state index is 0.0525. The van der Waals surface area contributed by atoms with Gasteiger partial charge < -0.3 is 9.88 Å². The number of anilines is 1. The Hall–Kier alpha value is -2.60. The zero-order valence-corrected chi connectivity index (χ0v) is 20.6. The summed E-state index contributed by atoms with van der Waals surface area (Å²) in [7, 11) is 0. The van der Waals surface area contributed by atoms with Crippen molar-refractivity contribution in [3.05, 3.63) is 52.5 Å². The van der Waals surface area contributed by atoms with Gasteiger partial charge in [0.15, 0.2) is 0 Å². The second-order valence-electron chi connectivity index (χ2n) is 10.1. The van der Waals surface area contributed by atoms with Crippen LogP contribution in [0.5, 0.6) is 0 Å². The summed E-state index contributed by atoms with van der Waals surface area (Å²) in [4.78, 5) is 29.7. The summed E-state index contributed by atoms with van der Waals surface area (Å²) in [5, 5.41) is 5.41. The van der Waals surface area contributed by atoms with E-state index in [0.717, 1.165) is 52.7 Å². The van der Waals surface area contributed by atoms with Crippen LogP contribution in [0.2, 0.25) is 0 Å². The van der Waals surface area contributed by atoms with Gasteiger partial charge in [-0.3, -0.25) is 14.5 Å². The van der Waals surface area contributed by atoms with Crippen molar-refractivity contribution in [3.63, 3.8) is 0 Å². The summed E-state index contributed by atoms with van der Waals surface area (Å²) < 4.78 is 3.13. The SMILES string of the molecule is Cc1cc(C)cc(N2C(=O)c3cc4sccc4n3CC2(C)C(=O)NC2CCCCCCC2)c1. The lowest BCUT2D eigenvalue weighted by atomic mass is 9.91. The summed E-state index contributed by atoms with van der Waals surface area (Å²) in [5.41, 5.74) is 3.65. The Balaban J connectivity index is 1.57. The fourth-order valence-electron chi connectivity index (χ4n) is 5.64. The number of hydrogen-bond acceptors (Lipinski definition) is 3. The largest absolute Gasteiger partial charge is 0.351 e. The summed E-state index contributed by atoms with van der Waals surface area (Å²) in [6.07, 6.45) is 8.10. The minimum Gasteiger partial charge on any atom is -0.351 e. The number of carbonyl (C=O) groups excluding carboxylic acids is 2. The minimum atomic E-state index is -1.01. The highest BCUT2D eigenvalue weighted by Crippen LogP contribution is 2.38. The van der Waals surface area contributed by atoms with Gasteiger partial charge >= 0.3 is 0 Å². The lowest BCUT2D eigenvalue weighted by Crippen LogP contribution is -2.65. The molecule has 0 radical (unpaired) electrons. The van der Waals surface area contributed by atoms with Crippen molar-refractivity contribution in [1.29, 1.82) is 0 Å². The van der Waals surface area contributed by atoms with Gasteiger partial charge in [0.1, 0.15) is 11.2 Å². The first-order chi connectivity index (χ1) is 15.9. The Labute approximate surface area is 199 Å². The van der Waals surface area contributed by atoms with E-state index in [9.17, 15) is 9.59 Å². The predicted molar refractivity (Wildman–Crippen MR) is 135 cm³/mol. The molecule has 5 nitrogen and oxygen atoms in total. The number of benzene rings is 1. The van der Waals surface area contributed by atoms with Gasteiger partial charge in [0.05, 0.1) is 16.8 Å². The van der Waals surface area contributed by atoms with Crippen molar-refractivity contribution in [2.45, 2.75) is 83.8 Å². The van der Waals surface area contributed by atoms with Gasteiger partial charge in [0.25, 0.3) is 5.91 Å². The molecule has 6 heteroatoms. The number of rotatable bonds is 3. The van der Waals surface area contributed by atoms with E-state index in [1.54, 1.807) is 16.2 Å². The molecule has 1 fully saturated rings. The maximum absolute atomic E-state index is 14.0. The molecule has 1 atom stereocenters. The van der Waals surface area contributed by atoms with Crippen LogP contribution in [0.15, 0.2) is 35.7 Å². The van der Waals surface area contributed by atoms with Crippen LogP contribution < -0.4 is 10.2 Å².